The van der Waals surface area contributed by atoms with E-state index >= 15 is 0 Å². The number of ketones is 1. The summed E-state index contributed by atoms with van der Waals surface area (Å²) >= 11 is 6.70. The molecule has 0 atom stereocenters. The smallest absolute Gasteiger partial charge is 0.256 e. The Kier molecular flexibility index (Phi) is 4.73. The number of hydrogen-bond donors (Lipinski definition) is 1. The second kappa shape index (κ2) is 6.33. The highest BCUT2D eigenvalue weighted by Gasteiger charge is 2.10. The van der Waals surface area contributed by atoms with Gasteiger partial charge in [-0.15, -0.1) is 0 Å². The van der Waals surface area contributed by atoms with Crippen LogP contribution < -0.4 is 5.32 Å². The second-order valence-corrected chi connectivity index (χ2v) is 5.98. The van der Waals surface area contributed by atoms with Crippen molar-refractivity contribution in [2.24, 2.45) is 0 Å². The van der Waals surface area contributed by atoms with Crippen molar-refractivity contribution in [3.8, 4) is 0 Å². The highest BCUT2D eigenvalue weighted by atomic mass is 79.9. The number of anilines is 1. The summed E-state index contributed by atoms with van der Waals surface area (Å²) < 4.78 is 1.61. The Bertz CT molecular complexity index is 666. The average molecular weight is 397 g/mol. The normalized spacial score (nSPS) is 10.2. The molecular formula is C15H11Br2NO2. The van der Waals surface area contributed by atoms with Gasteiger partial charge in [0, 0.05) is 20.2 Å². The van der Waals surface area contributed by atoms with Crippen LogP contribution in [0.4, 0.5) is 5.69 Å². The van der Waals surface area contributed by atoms with E-state index in [2.05, 4.69) is 37.2 Å². The van der Waals surface area contributed by atoms with Gasteiger partial charge in [0.2, 0.25) is 0 Å². The molecule has 0 spiro atoms. The lowest BCUT2D eigenvalue weighted by atomic mass is 10.1. The lowest BCUT2D eigenvalue weighted by Gasteiger charge is -2.07. The van der Waals surface area contributed by atoms with Gasteiger partial charge in [-0.25, -0.2) is 0 Å². The van der Waals surface area contributed by atoms with Crippen molar-refractivity contribution in [3.63, 3.8) is 0 Å². The van der Waals surface area contributed by atoms with Gasteiger partial charge in [-0.3, -0.25) is 9.59 Å². The topological polar surface area (TPSA) is 46.2 Å². The van der Waals surface area contributed by atoms with Gasteiger partial charge in [0.1, 0.15) is 0 Å². The number of Topliss-reactive ketones (excluding diaryl/α,β-unsaturated/α-hetero) is 1. The van der Waals surface area contributed by atoms with Crippen molar-refractivity contribution in [1.29, 1.82) is 0 Å². The predicted octanol–water partition coefficient (Wildman–Crippen LogP) is 4.67. The summed E-state index contributed by atoms with van der Waals surface area (Å²) in [6.07, 6.45) is 0. The minimum Gasteiger partial charge on any atom is -0.322 e. The van der Waals surface area contributed by atoms with E-state index in [1.165, 1.54) is 6.92 Å². The van der Waals surface area contributed by atoms with Crippen LogP contribution in [-0.4, -0.2) is 11.7 Å². The minimum atomic E-state index is -0.208. The lowest BCUT2D eigenvalue weighted by Crippen LogP contribution is -2.12. The molecule has 0 bridgehead atoms. The minimum absolute atomic E-state index is 0.00136. The van der Waals surface area contributed by atoms with Crippen molar-refractivity contribution in [3.05, 3.63) is 62.5 Å². The zero-order valence-electron chi connectivity index (χ0n) is 10.6. The van der Waals surface area contributed by atoms with Crippen LogP contribution >= 0.6 is 31.9 Å². The number of hydrogen-bond acceptors (Lipinski definition) is 2. The molecule has 5 heteroatoms. The first-order valence-electron chi connectivity index (χ1n) is 5.85. The average Bonchev–Trinajstić information content (AvgIpc) is 2.39. The van der Waals surface area contributed by atoms with Crippen LogP contribution in [-0.2, 0) is 0 Å². The molecule has 2 aromatic rings. The molecule has 102 valence electrons. The molecule has 3 nitrogen and oxygen atoms in total. The van der Waals surface area contributed by atoms with Crippen molar-refractivity contribution in [1.82, 2.24) is 0 Å². The number of rotatable bonds is 3. The number of carbonyl (C=O) groups excluding carboxylic acids is 2. The third kappa shape index (κ3) is 3.55. The molecule has 0 radical (unpaired) electrons. The highest BCUT2D eigenvalue weighted by molar-refractivity contribution is 9.11. The summed E-state index contributed by atoms with van der Waals surface area (Å²) in [5.74, 6) is -0.210. The maximum atomic E-state index is 12.1. The summed E-state index contributed by atoms with van der Waals surface area (Å²) in [4.78, 5) is 23.3. The van der Waals surface area contributed by atoms with Crippen molar-refractivity contribution >= 4 is 49.2 Å². The maximum Gasteiger partial charge on any atom is 0.256 e. The molecule has 0 aliphatic carbocycles. The molecule has 0 unspecified atom stereocenters. The largest absolute Gasteiger partial charge is 0.322 e. The zero-order chi connectivity index (χ0) is 14.7. The van der Waals surface area contributed by atoms with Crippen LogP contribution in [0.1, 0.15) is 27.6 Å². The molecule has 2 aromatic carbocycles. The van der Waals surface area contributed by atoms with Gasteiger partial charge >= 0.3 is 0 Å². The van der Waals surface area contributed by atoms with E-state index in [1.807, 2.05) is 6.07 Å². The summed E-state index contributed by atoms with van der Waals surface area (Å²) in [5, 5.41) is 2.79. The fourth-order valence-electron chi connectivity index (χ4n) is 1.66. The van der Waals surface area contributed by atoms with Gasteiger partial charge in [0.15, 0.2) is 5.78 Å². The molecule has 0 saturated heterocycles. The number of amides is 1. The Morgan fingerprint density at radius 3 is 2.20 bits per heavy atom. The molecule has 2 rings (SSSR count). The molecular weight excluding hydrogens is 386 g/mol. The van der Waals surface area contributed by atoms with E-state index in [-0.39, 0.29) is 11.7 Å². The van der Waals surface area contributed by atoms with Gasteiger partial charge in [-0.2, -0.15) is 0 Å². The van der Waals surface area contributed by atoms with Crippen molar-refractivity contribution in [2.45, 2.75) is 6.92 Å². The van der Waals surface area contributed by atoms with Gasteiger partial charge in [0.05, 0.1) is 5.56 Å². The number of nitrogens with one attached hydrogen (secondary N) is 1. The van der Waals surface area contributed by atoms with Crippen molar-refractivity contribution in [2.75, 3.05) is 5.32 Å². The summed E-state index contributed by atoms with van der Waals surface area (Å²) in [7, 11) is 0. The number of halogens is 2. The predicted molar refractivity (Wildman–Crippen MR) is 86.2 cm³/mol. The molecule has 0 saturated carbocycles. The molecule has 20 heavy (non-hydrogen) atoms. The quantitative estimate of drug-likeness (QED) is 0.766. The molecule has 1 amide bonds. The maximum absolute atomic E-state index is 12.1. The van der Waals surface area contributed by atoms with Crippen molar-refractivity contribution < 1.29 is 9.59 Å². The van der Waals surface area contributed by atoms with Crippen LogP contribution in [0, 0.1) is 0 Å². The van der Waals surface area contributed by atoms with Crippen LogP contribution in [0.2, 0.25) is 0 Å². The third-order valence-electron chi connectivity index (χ3n) is 2.73. The van der Waals surface area contributed by atoms with Gasteiger partial charge in [-0.1, -0.05) is 15.9 Å². The van der Waals surface area contributed by atoms with Crippen LogP contribution in [0.3, 0.4) is 0 Å². The first-order valence-corrected chi connectivity index (χ1v) is 7.43. The Hall–Kier alpha value is -1.46. The first-order chi connectivity index (χ1) is 9.47. The zero-order valence-corrected chi connectivity index (χ0v) is 13.8. The molecule has 0 aliphatic heterocycles. The second-order valence-electron chi connectivity index (χ2n) is 4.21. The fraction of sp³-hybridized carbons (Fsp3) is 0.0667. The third-order valence-corrected chi connectivity index (χ3v) is 3.87. The SMILES string of the molecule is CC(=O)c1ccc(NC(=O)c2ccc(Br)cc2Br)cc1. The summed E-state index contributed by atoms with van der Waals surface area (Å²) in [6, 6.07) is 12.1. The number of carbonyl (C=O) groups is 2. The fourth-order valence-corrected chi connectivity index (χ4v) is 2.89. The highest BCUT2D eigenvalue weighted by Crippen LogP contribution is 2.23. The lowest BCUT2D eigenvalue weighted by molar-refractivity contribution is 0.101. The molecule has 0 heterocycles. The van der Waals surface area contributed by atoms with Gasteiger partial charge < -0.3 is 5.32 Å². The Morgan fingerprint density at radius 1 is 1.00 bits per heavy atom. The molecule has 0 fully saturated rings. The summed E-state index contributed by atoms with van der Waals surface area (Å²) in [6.45, 7) is 1.51. The van der Waals surface area contributed by atoms with E-state index in [0.717, 1.165) is 4.47 Å². The first kappa shape index (κ1) is 14.9. The van der Waals surface area contributed by atoms with E-state index < -0.39 is 0 Å². The van der Waals surface area contributed by atoms with Crippen LogP contribution in [0.15, 0.2) is 51.4 Å². The van der Waals surface area contributed by atoms with E-state index in [4.69, 9.17) is 0 Å². The summed E-state index contributed by atoms with van der Waals surface area (Å²) in [5.41, 5.74) is 1.81. The van der Waals surface area contributed by atoms with Gasteiger partial charge in [-0.05, 0) is 65.3 Å². The van der Waals surface area contributed by atoms with E-state index in [0.29, 0.717) is 21.3 Å². The Balaban J connectivity index is 2.17. The number of benzene rings is 2. The van der Waals surface area contributed by atoms with E-state index in [9.17, 15) is 9.59 Å². The Labute approximate surface area is 133 Å². The molecule has 1 N–H and O–H groups in total. The van der Waals surface area contributed by atoms with Crippen LogP contribution in [0.5, 0.6) is 0 Å². The van der Waals surface area contributed by atoms with Crippen LogP contribution in [0.25, 0.3) is 0 Å². The standard InChI is InChI=1S/C15H11Br2NO2/c1-9(19)10-2-5-12(6-3-10)18-15(20)13-7-4-11(16)8-14(13)17/h2-8H,1H3,(H,18,20). The monoisotopic (exact) mass is 395 g/mol. The van der Waals surface area contributed by atoms with E-state index in [1.54, 1.807) is 36.4 Å². The molecule has 0 aromatic heterocycles. The Morgan fingerprint density at radius 2 is 1.65 bits per heavy atom. The van der Waals surface area contributed by atoms with Gasteiger partial charge in [0.25, 0.3) is 5.91 Å². The molecule has 0 aliphatic rings.